The molecule has 2 rings (SSSR count). The lowest BCUT2D eigenvalue weighted by Crippen LogP contribution is -2.42. The molecule has 0 aliphatic carbocycles. The first-order valence-electron chi connectivity index (χ1n) is 9.96. The molecule has 0 aromatic heterocycles. The molecule has 0 bridgehead atoms. The summed E-state index contributed by atoms with van der Waals surface area (Å²) >= 11 is 0. The third-order valence-corrected chi connectivity index (χ3v) is 5.48. The van der Waals surface area contributed by atoms with E-state index in [-0.39, 0.29) is 11.8 Å². The molecule has 1 aromatic carbocycles. The Bertz CT molecular complexity index is 585. The molecule has 2 unspecified atom stereocenters. The summed E-state index contributed by atoms with van der Waals surface area (Å²) in [6, 6.07) is 6.30. The zero-order valence-corrected chi connectivity index (χ0v) is 17.1. The lowest BCUT2D eigenvalue weighted by molar-refractivity contribution is -0.134. The number of aryl methyl sites for hydroxylation is 1. The van der Waals surface area contributed by atoms with Crippen LogP contribution in [0, 0.1) is 18.8 Å². The van der Waals surface area contributed by atoms with Crippen molar-refractivity contribution in [1.29, 1.82) is 0 Å². The van der Waals surface area contributed by atoms with Crippen LogP contribution in [0.3, 0.4) is 0 Å². The third-order valence-electron chi connectivity index (χ3n) is 5.48. The summed E-state index contributed by atoms with van der Waals surface area (Å²) < 4.78 is 10.9. The quantitative estimate of drug-likeness (QED) is 0.688. The van der Waals surface area contributed by atoms with E-state index >= 15 is 0 Å². The van der Waals surface area contributed by atoms with Crippen LogP contribution in [0.5, 0.6) is 5.75 Å². The number of likely N-dealkylation sites (tertiary alicyclic amines) is 1. The maximum absolute atomic E-state index is 13.0. The van der Waals surface area contributed by atoms with Gasteiger partial charge in [0.2, 0.25) is 5.91 Å². The van der Waals surface area contributed by atoms with E-state index in [1.165, 1.54) is 5.56 Å². The summed E-state index contributed by atoms with van der Waals surface area (Å²) in [6.45, 7) is 11.7. The Morgan fingerprint density at radius 2 is 2.12 bits per heavy atom. The molecule has 0 radical (unpaired) electrons. The second-order valence-electron chi connectivity index (χ2n) is 7.79. The molecule has 1 fully saturated rings. The molecule has 0 spiro atoms. The zero-order valence-electron chi connectivity index (χ0n) is 17.1. The molecule has 1 heterocycles. The third kappa shape index (κ3) is 5.47. The number of nitrogens with zero attached hydrogens (tertiary/aromatic N) is 1. The van der Waals surface area contributed by atoms with Gasteiger partial charge in [-0.2, -0.15) is 0 Å². The number of hydrogen-bond donors (Lipinski definition) is 0. The van der Waals surface area contributed by atoms with Gasteiger partial charge in [0.15, 0.2) is 0 Å². The Labute approximate surface area is 158 Å². The smallest absolute Gasteiger partial charge is 0.223 e. The number of amides is 1. The number of piperidine rings is 1. The Morgan fingerprint density at radius 1 is 1.35 bits per heavy atom. The molecule has 1 aliphatic rings. The van der Waals surface area contributed by atoms with Crippen molar-refractivity contribution in [2.24, 2.45) is 11.8 Å². The van der Waals surface area contributed by atoms with Crippen molar-refractivity contribution in [1.82, 2.24) is 4.90 Å². The van der Waals surface area contributed by atoms with E-state index < -0.39 is 0 Å². The number of carbonyl (C=O) groups excluding carboxylic acids is 1. The molecule has 4 heteroatoms. The maximum atomic E-state index is 13.0. The Kier molecular flexibility index (Phi) is 7.95. The van der Waals surface area contributed by atoms with Crippen LogP contribution in [0.15, 0.2) is 18.2 Å². The van der Waals surface area contributed by atoms with Crippen molar-refractivity contribution >= 4 is 5.91 Å². The van der Waals surface area contributed by atoms with E-state index in [1.807, 2.05) is 13.0 Å². The normalized spacial score (nSPS) is 18.8. The van der Waals surface area contributed by atoms with Crippen LogP contribution in [-0.2, 0) is 9.53 Å². The van der Waals surface area contributed by atoms with Crippen LogP contribution in [0.25, 0.3) is 0 Å². The highest BCUT2D eigenvalue weighted by Crippen LogP contribution is 2.32. The van der Waals surface area contributed by atoms with Gasteiger partial charge in [0.25, 0.3) is 0 Å². The van der Waals surface area contributed by atoms with Gasteiger partial charge >= 0.3 is 0 Å². The van der Waals surface area contributed by atoms with Crippen LogP contribution in [0.1, 0.15) is 57.1 Å². The number of ether oxygens (including phenoxy) is 2. The van der Waals surface area contributed by atoms with Crippen molar-refractivity contribution in [3.8, 4) is 5.75 Å². The van der Waals surface area contributed by atoms with Crippen molar-refractivity contribution < 1.29 is 14.3 Å². The monoisotopic (exact) mass is 361 g/mol. The Balaban J connectivity index is 2.04. The van der Waals surface area contributed by atoms with Gasteiger partial charge in [-0.3, -0.25) is 4.79 Å². The van der Waals surface area contributed by atoms with Gasteiger partial charge in [0.05, 0.1) is 13.7 Å². The minimum Gasteiger partial charge on any atom is -0.496 e. The fourth-order valence-corrected chi connectivity index (χ4v) is 3.90. The number of methoxy groups -OCH3 is 1. The summed E-state index contributed by atoms with van der Waals surface area (Å²) in [5.74, 6) is 2.30. The second-order valence-corrected chi connectivity index (χ2v) is 7.79. The Morgan fingerprint density at radius 3 is 2.73 bits per heavy atom. The fourth-order valence-electron chi connectivity index (χ4n) is 3.90. The van der Waals surface area contributed by atoms with Crippen LogP contribution in [0.2, 0.25) is 0 Å². The lowest BCUT2D eigenvalue weighted by atomic mass is 9.84. The minimum atomic E-state index is 0.236. The number of carbonyl (C=O) groups is 1. The predicted molar refractivity (Wildman–Crippen MR) is 106 cm³/mol. The van der Waals surface area contributed by atoms with E-state index in [9.17, 15) is 4.79 Å². The van der Waals surface area contributed by atoms with Gasteiger partial charge < -0.3 is 14.4 Å². The molecule has 1 amide bonds. The molecular weight excluding hydrogens is 326 g/mol. The van der Waals surface area contributed by atoms with Crippen LogP contribution < -0.4 is 4.74 Å². The number of benzene rings is 1. The maximum Gasteiger partial charge on any atom is 0.223 e. The molecule has 146 valence electrons. The zero-order chi connectivity index (χ0) is 19.1. The highest BCUT2D eigenvalue weighted by Gasteiger charge is 2.27. The van der Waals surface area contributed by atoms with Crippen LogP contribution in [-0.4, -0.2) is 44.2 Å². The van der Waals surface area contributed by atoms with Crippen molar-refractivity contribution in [3.63, 3.8) is 0 Å². The van der Waals surface area contributed by atoms with Crippen molar-refractivity contribution in [2.45, 2.75) is 52.9 Å². The predicted octanol–water partition coefficient (Wildman–Crippen LogP) is 4.41. The van der Waals surface area contributed by atoms with Gasteiger partial charge in [0.1, 0.15) is 5.75 Å². The first-order chi connectivity index (χ1) is 12.5. The Hall–Kier alpha value is -1.55. The van der Waals surface area contributed by atoms with Gasteiger partial charge in [-0.15, -0.1) is 0 Å². The summed E-state index contributed by atoms with van der Waals surface area (Å²) in [4.78, 5) is 15.0. The number of hydrogen-bond acceptors (Lipinski definition) is 3. The van der Waals surface area contributed by atoms with Gasteiger partial charge in [0, 0.05) is 26.1 Å². The lowest BCUT2D eigenvalue weighted by Gasteiger charge is -2.34. The second kappa shape index (κ2) is 9.96. The summed E-state index contributed by atoms with van der Waals surface area (Å²) in [6.07, 6.45) is 2.82. The highest BCUT2D eigenvalue weighted by molar-refractivity contribution is 5.77. The molecule has 1 aromatic rings. The summed E-state index contributed by atoms with van der Waals surface area (Å²) in [5, 5.41) is 0. The fraction of sp³-hybridized carbons (Fsp3) is 0.682. The van der Waals surface area contributed by atoms with Crippen LogP contribution in [0.4, 0.5) is 0 Å². The van der Waals surface area contributed by atoms with Gasteiger partial charge in [-0.1, -0.05) is 26.0 Å². The molecule has 0 N–H and O–H groups in total. The average Bonchev–Trinajstić information content (AvgIpc) is 2.64. The molecule has 4 nitrogen and oxygen atoms in total. The summed E-state index contributed by atoms with van der Waals surface area (Å²) in [5.41, 5.74) is 2.35. The van der Waals surface area contributed by atoms with Crippen molar-refractivity contribution in [2.75, 3.05) is 33.4 Å². The summed E-state index contributed by atoms with van der Waals surface area (Å²) in [7, 11) is 1.69. The molecule has 1 saturated heterocycles. The standard InChI is InChI=1S/C22H35NO3/c1-6-26-15-18-8-7-11-23(14-18)22(24)13-20(16(2)3)19-9-10-21(25-5)17(4)12-19/h9-10,12,16,18,20H,6-8,11,13-15H2,1-5H3. The highest BCUT2D eigenvalue weighted by atomic mass is 16.5. The van der Waals surface area contributed by atoms with E-state index in [1.54, 1.807) is 7.11 Å². The molecule has 2 atom stereocenters. The number of rotatable bonds is 8. The first-order valence-corrected chi connectivity index (χ1v) is 9.96. The molecule has 0 saturated carbocycles. The topological polar surface area (TPSA) is 38.8 Å². The average molecular weight is 362 g/mol. The van der Waals surface area contributed by atoms with E-state index in [4.69, 9.17) is 9.47 Å². The van der Waals surface area contributed by atoms with Crippen LogP contribution >= 0.6 is 0 Å². The SMILES string of the molecule is CCOCC1CCCN(C(=O)CC(c2ccc(OC)c(C)c2)C(C)C)C1. The van der Waals surface area contributed by atoms with Gasteiger partial charge in [-0.25, -0.2) is 0 Å². The molecular formula is C22H35NO3. The van der Waals surface area contributed by atoms with E-state index in [2.05, 4.69) is 37.8 Å². The van der Waals surface area contributed by atoms with E-state index in [0.717, 1.165) is 50.5 Å². The van der Waals surface area contributed by atoms with Gasteiger partial charge in [-0.05, 0) is 61.6 Å². The van der Waals surface area contributed by atoms with E-state index in [0.29, 0.717) is 18.3 Å². The minimum absolute atomic E-state index is 0.236. The largest absolute Gasteiger partial charge is 0.496 e. The molecule has 1 aliphatic heterocycles. The van der Waals surface area contributed by atoms with Crippen molar-refractivity contribution in [3.05, 3.63) is 29.3 Å². The first kappa shape index (κ1) is 20.8. The molecule has 26 heavy (non-hydrogen) atoms.